The van der Waals surface area contributed by atoms with Crippen molar-refractivity contribution in [3.63, 3.8) is 0 Å². The van der Waals surface area contributed by atoms with Crippen LogP contribution in [0.25, 0.3) is 0 Å². The van der Waals surface area contributed by atoms with E-state index < -0.39 is 0 Å². The molecule has 1 aliphatic heterocycles. The highest BCUT2D eigenvalue weighted by molar-refractivity contribution is 5.74. The highest BCUT2D eigenvalue weighted by Gasteiger charge is 2.29. The molecule has 7 heteroatoms. The largest absolute Gasteiger partial charge is 0.379 e. The Morgan fingerprint density at radius 3 is 3.00 bits per heavy atom. The van der Waals surface area contributed by atoms with E-state index in [2.05, 4.69) is 34.5 Å². The summed E-state index contributed by atoms with van der Waals surface area (Å²) in [5.41, 5.74) is 0. The van der Waals surface area contributed by atoms with Gasteiger partial charge in [0, 0.05) is 37.6 Å². The number of hydrogen-bond donors (Lipinski definition) is 2. The SMILES string of the molecule is C[C@H](CNC(=O)N[C@@H]1CCCC[C@H]1n1cccn1)N1CCOC[C@H]1C. The number of nitrogens with one attached hydrogen (secondary N) is 2. The maximum atomic E-state index is 12.4. The molecule has 1 aromatic heterocycles. The van der Waals surface area contributed by atoms with Crippen LogP contribution in [0.5, 0.6) is 0 Å². The first-order chi connectivity index (χ1) is 12.1. The van der Waals surface area contributed by atoms with Gasteiger partial charge in [-0.05, 0) is 32.8 Å². The van der Waals surface area contributed by atoms with Crippen molar-refractivity contribution in [2.45, 2.75) is 63.7 Å². The van der Waals surface area contributed by atoms with Crippen molar-refractivity contribution in [3.05, 3.63) is 18.5 Å². The Bertz CT molecular complexity index is 536. The van der Waals surface area contributed by atoms with Gasteiger partial charge >= 0.3 is 6.03 Å². The van der Waals surface area contributed by atoms with Crippen LogP contribution in [-0.2, 0) is 4.74 Å². The van der Waals surface area contributed by atoms with Gasteiger partial charge < -0.3 is 15.4 Å². The molecular formula is C18H31N5O2. The normalized spacial score (nSPS) is 29.1. The number of amides is 2. The predicted molar refractivity (Wildman–Crippen MR) is 96.5 cm³/mol. The molecule has 25 heavy (non-hydrogen) atoms. The van der Waals surface area contributed by atoms with Crippen LogP contribution >= 0.6 is 0 Å². The molecule has 2 amide bonds. The second kappa shape index (κ2) is 8.67. The Kier molecular flexibility index (Phi) is 6.31. The molecule has 1 aliphatic carbocycles. The number of carbonyl (C=O) groups is 1. The number of morpholine rings is 1. The van der Waals surface area contributed by atoms with Crippen LogP contribution in [0.2, 0.25) is 0 Å². The topological polar surface area (TPSA) is 71.4 Å². The minimum atomic E-state index is -0.0724. The number of carbonyl (C=O) groups excluding carboxylic acids is 1. The molecular weight excluding hydrogens is 318 g/mol. The molecule has 0 unspecified atom stereocenters. The molecule has 2 N–H and O–H groups in total. The summed E-state index contributed by atoms with van der Waals surface area (Å²) in [4.78, 5) is 14.8. The van der Waals surface area contributed by atoms with Crippen molar-refractivity contribution in [2.75, 3.05) is 26.3 Å². The Morgan fingerprint density at radius 2 is 2.24 bits per heavy atom. The van der Waals surface area contributed by atoms with Crippen LogP contribution in [-0.4, -0.2) is 65.1 Å². The monoisotopic (exact) mass is 349 g/mol. The highest BCUT2D eigenvalue weighted by atomic mass is 16.5. The second-order valence-electron chi connectivity index (χ2n) is 7.31. The lowest BCUT2D eigenvalue weighted by Crippen LogP contribution is -2.54. The Hall–Kier alpha value is -1.60. The predicted octanol–water partition coefficient (Wildman–Crippen LogP) is 1.78. The van der Waals surface area contributed by atoms with E-state index in [0.29, 0.717) is 18.6 Å². The molecule has 1 saturated heterocycles. The van der Waals surface area contributed by atoms with E-state index in [9.17, 15) is 4.79 Å². The standard InChI is InChI=1S/C18H31N5O2/c1-14(22-10-11-25-13-15(22)2)12-19-18(24)21-16-6-3-4-7-17(16)23-9-5-8-20-23/h5,8-9,14-17H,3-4,6-7,10-13H2,1-2H3,(H2,19,21,24)/t14-,15-,16-,17-/m1/s1. The summed E-state index contributed by atoms with van der Waals surface area (Å²) in [7, 11) is 0. The number of rotatable bonds is 5. The summed E-state index contributed by atoms with van der Waals surface area (Å²) in [6.45, 7) is 7.45. The molecule has 3 rings (SSSR count). The van der Waals surface area contributed by atoms with Crippen LogP contribution in [0.3, 0.4) is 0 Å². The fourth-order valence-corrected chi connectivity index (χ4v) is 4.04. The summed E-state index contributed by atoms with van der Waals surface area (Å²) < 4.78 is 7.47. The lowest BCUT2D eigenvalue weighted by Gasteiger charge is -2.38. The van der Waals surface area contributed by atoms with Crippen LogP contribution in [0.4, 0.5) is 4.79 Å². The van der Waals surface area contributed by atoms with Crippen LogP contribution in [0.15, 0.2) is 18.5 Å². The van der Waals surface area contributed by atoms with Gasteiger partial charge in [0.15, 0.2) is 0 Å². The van der Waals surface area contributed by atoms with E-state index in [-0.39, 0.29) is 18.1 Å². The fourth-order valence-electron chi connectivity index (χ4n) is 4.04. The molecule has 7 nitrogen and oxygen atoms in total. The van der Waals surface area contributed by atoms with Gasteiger partial charge in [-0.1, -0.05) is 12.8 Å². The van der Waals surface area contributed by atoms with E-state index in [0.717, 1.165) is 39.0 Å². The van der Waals surface area contributed by atoms with Crippen molar-refractivity contribution in [1.82, 2.24) is 25.3 Å². The van der Waals surface area contributed by atoms with Gasteiger partial charge in [0.1, 0.15) is 0 Å². The quantitative estimate of drug-likeness (QED) is 0.850. The maximum Gasteiger partial charge on any atom is 0.315 e. The number of nitrogens with zero attached hydrogens (tertiary/aromatic N) is 3. The number of urea groups is 1. The number of ether oxygens (including phenoxy) is 1. The average Bonchev–Trinajstić information content (AvgIpc) is 3.15. The van der Waals surface area contributed by atoms with E-state index in [1.54, 1.807) is 6.20 Å². The van der Waals surface area contributed by atoms with Crippen LogP contribution in [0.1, 0.15) is 45.6 Å². The zero-order valence-electron chi connectivity index (χ0n) is 15.4. The first kappa shape index (κ1) is 18.2. The molecule has 1 saturated carbocycles. The number of aromatic nitrogens is 2. The van der Waals surface area contributed by atoms with Crippen molar-refractivity contribution >= 4 is 6.03 Å². The summed E-state index contributed by atoms with van der Waals surface area (Å²) in [5.74, 6) is 0. The lowest BCUT2D eigenvalue weighted by atomic mass is 9.90. The zero-order valence-corrected chi connectivity index (χ0v) is 15.4. The summed E-state index contributed by atoms with van der Waals surface area (Å²) in [6.07, 6.45) is 8.21. The molecule has 0 bridgehead atoms. The molecule has 140 valence electrons. The van der Waals surface area contributed by atoms with Crippen molar-refractivity contribution < 1.29 is 9.53 Å². The highest BCUT2D eigenvalue weighted by Crippen LogP contribution is 2.28. The molecule has 0 aromatic carbocycles. The molecule has 2 fully saturated rings. The molecule has 1 aromatic rings. The third-order valence-corrected chi connectivity index (χ3v) is 5.45. The van der Waals surface area contributed by atoms with Gasteiger partial charge in [-0.25, -0.2) is 4.79 Å². The molecule has 0 spiro atoms. The van der Waals surface area contributed by atoms with E-state index in [1.165, 1.54) is 6.42 Å². The first-order valence-electron chi connectivity index (χ1n) is 9.52. The minimum Gasteiger partial charge on any atom is -0.379 e. The van der Waals surface area contributed by atoms with Gasteiger partial charge in [0.05, 0.1) is 25.3 Å². The third-order valence-electron chi connectivity index (χ3n) is 5.45. The molecule has 4 atom stereocenters. The van der Waals surface area contributed by atoms with Crippen LogP contribution in [0, 0.1) is 0 Å². The Labute approximate surface area is 150 Å². The molecule has 2 aliphatic rings. The van der Waals surface area contributed by atoms with Crippen molar-refractivity contribution in [2.24, 2.45) is 0 Å². The van der Waals surface area contributed by atoms with E-state index >= 15 is 0 Å². The first-order valence-corrected chi connectivity index (χ1v) is 9.52. The summed E-state index contributed by atoms with van der Waals surface area (Å²) in [5, 5.41) is 10.6. The minimum absolute atomic E-state index is 0.0724. The smallest absolute Gasteiger partial charge is 0.315 e. The zero-order chi connectivity index (χ0) is 17.6. The molecule has 2 heterocycles. The van der Waals surface area contributed by atoms with Gasteiger partial charge in [0.2, 0.25) is 0 Å². The van der Waals surface area contributed by atoms with Crippen LogP contribution < -0.4 is 10.6 Å². The van der Waals surface area contributed by atoms with Crippen molar-refractivity contribution in [1.29, 1.82) is 0 Å². The van der Waals surface area contributed by atoms with Gasteiger partial charge in [-0.15, -0.1) is 0 Å². The van der Waals surface area contributed by atoms with Gasteiger partial charge in [-0.3, -0.25) is 9.58 Å². The van der Waals surface area contributed by atoms with E-state index in [4.69, 9.17) is 4.74 Å². The maximum absolute atomic E-state index is 12.4. The Balaban J connectivity index is 1.48. The van der Waals surface area contributed by atoms with E-state index in [1.807, 2.05) is 16.9 Å². The van der Waals surface area contributed by atoms with Crippen molar-refractivity contribution in [3.8, 4) is 0 Å². The average molecular weight is 349 g/mol. The van der Waals surface area contributed by atoms with Gasteiger partial charge in [-0.2, -0.15) is 5.10 Å². The summed E-state index contributed by atoms with van der Waals surface area (Å²) in [6, 6.07) is 2.97. The lowest BCUT2D eigenvalue weighted by molar-refractivity contribution is -0.0176. The fraction of sp³-hybridized carbons (Fsp3) is 0.778. The second-order valence-corrected chi connectivity index (χ2v) is 7.31. The third kappa shape index (κ3) is 4.73. The summed E-state index contributed by atoms with van der Waals surface area (Å²) >= 11 is 0. The van der Waals surface area contributed by atoms with Gasteiger partial charge in [0.25, 0.3) is 0 Å². The number of hydrogen-bond acceptors (Lipinski definition) is 4. The molecule has 0 radical (unpaired) electrons. The Morgan fingerprint density at radius 1 is 1.40 bits per heavy atom.